The molecule has 0 amide bonds. The van der Waals surface area contributed by atoms with Gasteiger partial charge in [0.15, 0.2) is 0 Å². The summed E-state index contributed by atoms with van der Waals surface area (Å²) in [5.74, 6) is -5.80. The predicted octanol–water partition coefficient (Wildman–Crippen LogP) is 0.578. The normalized spacial score (nSPS) is 8.00. The van der Waals surface area contributed by atoms with Crippen molar-refractivity contribution in [3.8, 4) is 0 Å². The van der Waals surface area contributed by atoms with Crippen molar-refractivity contribution in [2.45, 2.75) is 12.8 Å². The van der Waals surface area contributed by atoms with E-state index in [1.807, 2.05) is 30.3 Å². The molecule has 8 nitrogen and oxygen atoms in total. The van der Waals surface area contributed by atoms with Gasteiger partial charge in [0.05, 0.1) is 12.8 Å². The second-order valence-electron chi connectivity index (χ2n) is 2.98. The minimum atomic E-state index is -1.82. The molecule has 8 heteroatoms. The van der Waals surface area contributed by atoms with Crippen molar-refractivity contribution in [1.29, 1.82) is 0 Å². The summed E-state index contributed by atoms with van der Waals surface area (Å²) in [6.45, 7) is 0. The molecule has 1 radical (unpaired) electrons. The number of hydrogen-bond acceptors (Lipinski definition) is 4. The highest BCUT2D eigenvalue weighted by Crippen LogP contribution is 1.86. The van der Waals surface area contributed by atoms with Crippen LogP contribution in [0.15, 0.2) is 30.3 Å². The Morgan fingerprint density at radius 1 is 0.700 bits per heavy atom. The fourth-order valence-electron chi connectivity index (χ4n) is 0.556. The third-order valence-electron chi connectivity index (χ3n) is 1.34. The highest BCUT2D eigenvalue weighted by atomic mass is 16.4. The molecule has 0 atom stereocenters. The van der Waals surface area contributed by atoms with E-state index < -0.39 is 23.9 Å². The molecule has 1 rings (SSSR count). The molecule has 0 aliphatic heterocycles. The third kappa shape index (κ3) is 20.5. The minimum absolute atomic E-state index is 0.296. The summed E-state index contributed by atoms with van der Waals surface area (Å²) >= 11 is 0. The summed E-state index contributed by atoms with van der Waals surface area (Å²) < 4.78 is 0. The summed E-state index contributed by atoms with van der Waals surface area (Å²) in [5, 5.41) is 30.6. The Kier molecular flexibility index (Phi) is 12.2. The highest BCUT2D eigenvalue weighted by molar-refractivity contribution is 6.27. The molecule has 109 valence electrons. The maximum absolute atomic E-state index is 9.64. The van der Waals surface area contributed by atoms with Crippen molar-refractivity contribution >= 4 is 23.9 Å². The number of carboxylic acids is 4. The summed E-state index contributed by atoms with van der Waals surface area (Å²) in [6, 6.07) is 12.5. The second-order valence-corrected chi connectivity index (χ2v) is 2.98. The molecule has 1 aromatic rings. The van der Waals surface area contributed by atoms with Crippen LogP contribution in [0.5, 0.6) is 0 Å². The number of benzene rings is 1. The van der Waals surface area contributed by atoms with Gasteiger partial charge in [-0.1, -0.05) is 30.3 Å². The Labute approximate surface area is 113 Å². The molecule has 0 saturated carbocycles. The average molecular weight is 285 g/mol. The van der Waals surface area contributed by atoms with E-state index in [-0.39, 0.29) is 12.8 Å². The van der Waals surface area contributed by atoms with E-state index in [2.05, 4.69) is 6.07 Å². The van der Waals surface area contributed by atoms with E-state index in [0.717, 1.165) is 0 Å². The SMILES string of the molecule is O=C(O)C(=O)O.O=C(O)CCC(=O)O.[c]1ccccc1. The van der Waals surface area contributed by atoms with Gasteiger partial charge >= 0.3 is 23.9 Å². The lowest BCUT2D eigenvalue weighted by molar-refractivity contribution is -0.159. The second kappa shape index (κ2) is 12.6. The van der Waals surface area contributed by atoms with Crippen LogP contribution in [0.25, 0.3) is 0 Å². The van der Waals surface area contributed by atoms with E-state index in [4.69, 9.17) is 30.0 Å². The van der Waals surface area contributed by atoms with Crippen molar-refractivity contribution in [3.05, 3.63) is 36.4 Å². The molecule has 0 saturated heterocycles. The first-order chi connectivity index (χ1) is 9.27. The van der Waals surface area contributed by atoms with E-state index in [9.17, 15) is 9.59 Å². The zero-order valence-electron chi connectivity index (χ0n) is 10.2. The first-order valence-electron chi connectivity index (χ1n) is 5.08. The van der Waals surface area contributed by atoms with Gasteiger partial charge in [0.25, 0.3) is 0 Å². The van der Waals surface area contributed by atoms with Crippen molar-refractivity contribution < 1.29 is 39.6 Å². The lowest BCUT2D eigenvalue weighted by Gasteiger charge is -1.85. The van der Waals surface area contributed by atoms with Gasteiger partial charge in [0.1, 0.15) is 0 Å². The molecule has 0 heterocycles. The fraction of sp³-hybridized carbons (Fsp3) is 0.167. The van der Waals surface area contributed by atoms with Crippen LogP contribution in [0, 0.1) is 6.07 Å². The van der Waals surface area contributed by atoms with Crippen LogP contribution in [0.3, 0.4) is 0 Å². The summed E-state index contributed by atoms with van der Waals surface area (Å²) in [7, 11) is 0. The van der Waals surface area contributed by atoms with Gasteiger partial charge < -0.3 is 20.4 Å². The predicted molar refractivity (Wildman–Crippen MR) is 65.1 cm³/mol. The number of hydrogen-bond donors (Lipinski definition) is 4. The topological polar surface area (TPSA) is 149 Å². The van der Waals surface area contributed by atoms with E-state index >= 15 is 0 Å². The van der Waals surface area contributed by atoms with Crippen LogP contribution < -0.4 is 0 Å². The molecular weight excluding hydrogens is 272 g/mol. The van der Waals surface area contributed by atoms with Gasteiger partial charge in [-0.25, -0.2) is 9.59 Å². The molecular formula is C12H13O8. The van der Waals surface area contributed by atoms with E-state index in [0.29, 0.717) is 0 Å². The number of carbonyl (C=O) groups is 4. The molecule has 20 heavy (non-hydrogen) atoms. The Balaban J connectivity index is 0. The maximum Gasteiger partial charge on any atom is 0.414 e. The molecule has 0 unspecified atom stereocenters. The van der Waals surface area contributed by atoms with E-state index in [1.165, 1.54) is 0 Å². The molecule has 4 N–H and O–H groups in total. The lowest BCUT2D eigenvalue weighted by Crippen LogP contribution is -2.09. The molecule has 0 aliphatic rings. The number of rotatable bonds is 3. The standard InChI is InChI=1S/C6H5.C4H6O4.C2H2O4/c1-2-4-6-5-3-1;5-3(6)1-2-4(7)8;3-1(4)2(5)6/h1-5H;1-2H2,(H,5,6)(H,7,8);(H,3,4)(H,5,6). The van der Waals surface area contributed by atoms with Crippen molar-refractivity contribution in [2.75, 3.05) is 0 Å². The molecule has 0 spiro atoms. The van der Waals surface area contributed by atoms with Crippen LogP contribution in [-0.2, 0) is 19.2 Å². The monoisotopic (exact) mass is 285 g/mol. The molecule has 0 aromatic heterocycles. The zero-order chi connectivity index (χ0) is 16.0. The Bertz CT molecular complexity index is 374. The maximum atomic E-state index is 9.64. The quantitative estimate of drug-likeness (QED) is 0.589. The van der Waals surface area contributed by atoms with Gasteiger partial charge in [-0.15, -0.1) is 0 Å². The van der Waals surface area contributed by atoms with Crippen molar-refractivity contribution in [3.63, 3.8) is 0 Å². The van der Waals surface area contributed by atoms with Crippen molar-refractivity contribution in [1.82, 2.24) is 0 Å². The lowest BCUT2D eigenvalue weighted by atomic mass is 10.3. The van der Waals surface area contributed by atoms with Crippen LogP contribution in [0.2, 0.25) is 0 Å². The summed E-state index contributed by atoms with van der Waals surface area (Å²) in [4.78, 5) is 37.5. The first-order valence-corrected chi connectivity index (χ1v) is 5.08. The molecule has 0 bridgehead atoms. The van der Waals surface area contributed by atoms with E-state index in [1.54, 1.807) is 0 Å². The zero-order valence-corrected chi connectivity index (χ0v) is 10.2. The van der Waals surface area contributed by atoms with Crippen LogP contribution >= 0.6 is 0 Å². The molecule has 0 fully saturated rings. The van der Waals surface area contributed by atoms with Gasteiger partial charge in [0, 0.05) is 0 Å². The van der Waals surface area contributed by atoms with Crippen LogP contribution in [-0.4, -0.2) is 44.3 Å². The van der Waals surface area contributed by atoms with Gasteiger partial charge in [-0.05, 0) is 6.07 Å². The number of carboxylic acid groups (broad SMARTS) is 4. The van der Waals surface area contributed by atoms with Crippen LogP contribution in [0.4, 0.5) is 0 Å². The Morgan fingerprint density at radius 2 is 1.05 bits per heavy atom. The summed E-state index contributed by atoms with van der Waals surface area (Å²) in [6.07, 6.45) is -0.593. The smallest absolute Gasteiger partial charge is 0.414 e. The molecule has 1 aromatic carbocycles. The van der Waals surface area contributed by atoms with Crippen molar-refractivity contribution in [2.24, 2.45) is 0 Å². The minimum Gasteiger partial charge on any atom is -0.481 e. The van der Waals surface area contributed by atoms with Gasteiger partial charge in [-0.2, -0.15) is 0 Å². The fourth-order valence-corrected chi connectivity index (χ4v) is 0.556. The van der Waals surface area contributed by atoms with Crippen LogP contribution in [0.1, 0.15) is 12.8 Å². The Hall–Kier alpha value is -2.90. The number of aliphatic carboxylic acids is 4. The first kappa shape index (κ1) is 19.4. The summed E-state index contributed by atoms with van der Waals surface area (Å²) in [5.41, 5.74) is 0. The Morgan fingerprint density at radius 3 is 1.15 bits per heavy atom. The highest BCUT2D eigenvalue weighted by Gasteiger charge is 2.04. The average Bonchev–Trinajstić information content (AvgIpc) is 2.39. The molecule has 0 aliphatic carbocycles. The van der Waals surface area contributed by atoms with Gasteiger partial charge in [0.2, 0.25) is 0 Å². The van der Waals surface area contributed by atoms with Gasteiger partial charge in [-0.3, -0.25) is 9.59 Å². The third-order valence-corrected chi connectivity index (χ3v) is 1.34. The largest absolute Gasteiger partial charge is 0.481 e.